The highest BCUT2D eigenvalue weighted by atomic mass is 16.5. The van der Waals surface area contributed by atoms with Gasteiger partial charge in [-0.3, -0.25) is 4.79 Å². The van der Waals surface area contributed by atoms with Crippen molar-refractivity contribution in [1.29, 1.82) is 0 Å². The van der Waals surface area contributed by atoms with Crippen LogP contribution in [0.4, 0.5) is 0 Å². The normalized spacial score (nSPS) is 26.3. The Morgan fingerprint density at radius 1 is 1.31 bits per heavy atom. The Bertz CT molecular complexity index is 591. The van der Waals surface area contributed by atoms with E-state index in [0.29, 0.717) is 55.2 Å². The fourth-order valence-electron chi connectivity index (χ4n) is 3.94. The van der Waals surface area contributed by atoms with E-state index in [-0.39, 0.29) is 12.0 Å². The predicted molar refractivity (Wildman–Crippen MR) is 97.3 cm³/mol. The molecule has 1 amide bonds. The highest BCUT2D eigenvalue weighted by Gasteiger charge is 2.34. The van der Waals surface area contributed by atoms with Gasteiger partial charge in [0.1, 0.15) is 6.10 Å². The van der Waals surface area contributed by atoms with Crippen LogP contribution in [0.25, 0.3) is 0 Å². The van der Waals surface area contributed by atoms with E-state index in [0.717, 1.165) is 12.8 Å². The fourth-order valence-corrected chi connectivity index (χ4v) is 3.94. The lowest BCUT2D eigenvalue weighted by Crippen LogP contribution is -2.39. The highest BCUT2D eigenvalue weighted by Crippen LogP contribution is 2.33. The maximum atomic E-state index is 12.6. The third-order valence-electron chi connectivity index (χ3n) is 5.36. The van der Waals surface area contributed by atoms with Crippen molar-refractivity contribution < 1.29 is 14.1 Å². The molecule has 0 saturated carbocycles. The number of carbonyl (C=O) groups is 1. The number of aromatic nitrogens is 2. The third kappa shape index (κ3) is 5.04. The zero-order valence-electron chi connectivity index (χ0n) is 16.4. The first-order valence-electron chi connectivity index (χ1n) is 9.84. The molecule has 26 heavy (non-hydrogen) atoms. The number of ether oxygens (including phenoxy) is 1. The van der Waals surface area contributed by atoms with E-state index in [2.05, 4.69) is 29.3 Å². The van der Waals surface area contributed by atoms with Crippen LogP contribution in [0.15, 0.2) is 4.52 Å². The summed E-state index contributed by atoms with van der Waals surface area (Å²) in [5, 5.41) is 7.62. The van der Waals surface area contributed by atoms with E-state index in [1.54, 1.807) is 11.9 Å². The molecule has 1 N–H and O–H groups in total. The van der Waals surface area contributed by atoms with Gasteiger partial charge in [-0.2, -0.15) is 4.98 Å². The van der Waals surface area contributed by atoms with E-state index in [9.17, 15) is 4.79 Å². The van der Waals surface area contributed by atoms with Crippen LogP contribution in [-0.4, -0.2) is 46.7 Å². The quantitative estimate of drug-likeness (QED) is 0.764. The average Bonchev–Trinajstić information content (AvgIpc) is 3.19. The molecule has 1 aromatic heterocycles. The maximum absolute atomic E-state index is 12.6. The number of rotatable bonds is 8. The summed E-state index contributed by atoms with van der Waals surface area (Å²) in [5.41, 5.74) is 0. The number of amides is 1. The summed E-state index contributed by atoms with van der Waals surface area (Å²) < 4.78 is 11.0. The van der Waals surface area contributed by atoms with Crippen molar-refractivity contribution in [3.63, 3.8) is 0 Å². The van der Waals surface area contributed by atoms with E-state index in [1.165, 1.54) is 12.8 Å². The zero-order chi connectivity index (χ0) is 18.7. The molecule has 3 unspecified atom stereocenters. The van der Waals surface area contributed by atoms with Crippen LogP contribution in [-0.2, 0) is 16.1 Å². The van der Waals surface area contributed by atoms with Crippen molar-refractivity contribution in [3.05, 3.63) is 11.7 Å². The van der Waals surface area contributed by atoms with Gasteiger partial charge in [0.2, 0.25) is 11.8 Å². The van der Waals surface area contributed by atoms with Crippen molar-refractivity contribution in [2.45, 2.75) is 77.6 Å². The van der Waals surface area contributed by atoms with Crippen LogP contribution in [0.1, 0.15) is 70.7 Å². The molecule has 0 aromatic carbocycles. The van der Waals surface area contributed by atoms with Gasteiger partial charge >= 0.3 is 0 Å². The molecule has 2 bridgehead atoms. The molecule has 3 atom stereocenters. The van der Waals surface area contributed by atoms with Gasteiger partial charge in [0.15, 0.2) is 5.82 Å². The lowest BCUT2D eigenvalue weighted by Gasteiger charge is -2.29. The molecule has 1 aromatic rings. The Kier molecular flexibility index (Phi) is 6.29. The van der Waals surface area contributed by atoms with Gasteiger partial charge in [0.05, 0.1) is 6.54 Å². The molecule has 2 saturated heterocycles. The molecule has 7 heteroatoms. The van der Waals surface area contributed by atoms with Crippen LogP contribution < -0.4 is 5.32 Å². The van der Waals surface area contributed by atoms with Gasteiger partial charge < -0.3 is 19.5 Å². The summed E-state index contributed by atoms with van der Waals surface area (Å²) in [5.74, 6) is 2.10. The molecule has 146 valence electrons. The van der Waals surface area contributed by atoms with Crippen LogP contribution in [0.5, 0.6) is 0 Å². The second-order valence-corrected chi connectivity index (χ2v) is 8.34. The van der Waals surface area contributed by atoms with Crippen LogP contribution in [0.3, 0.4) is 0 Å². The topological polar surface area (TPSA) is 80.5 Å². The lowest BCUT2D eigenvalue weighted by molar-refractivity contribution is -0.132. The molecule has 2 fully saturated rings. The number of hydrogen-bond acceptors (Lipinski definition) is 6. The number of nitrogens with zero attached hydrogens (tertiary/aromatic N) is 3. The van der Waals surface area contributed by atoms with Gasteiger partial charge in [-0.25, -0.2) is 0 Å². The Morgan fingerprint density at radius 3 is 2.65 bits per heavy atom. The van der Waals surface area contributed by atoms with Crippen LogP contribution in [0.2, 0.25) is 0 Å². The second-order valence-electron chi connectivity index (χ2n) is 8.34. The fraction of sp³-hybridized carbons (Fsp3) is 0.842. The Hall–Kier alpha value is -1.47. The van der Waals surface area contributed by atoms with E-state index in [4.69, 9.17) is 9.26 Å². The first-order chi connectivity index (χ1) is 12.4. The van der Waals surface area contributed by atoms with Gasteiger partial charge in [0.25, 0.3) is 0 Å². The monoisotopic (exact) mass is 364 g/mol. The number of carbonyl (C=O) groups excluding carboxylic acids is 1. The molecule has 7 nitrogen and oxygen atoms in total. The predicted octanol–water partition coefficient (Wildman–Crippen LogP) is 2.68. The minimum Gasteiger partial charge on any atom is -0.370 e. The van der Waals surface area contributed by atoms with E-state index in [1.807, 2.05) is 6.92 Å². The first kappa shape index (κ1) is 19.3. The van der Waals surface area contributed by atoms with Crippen molar-refractivity contribution >= 4 is 5.91 Å². The minimum absolute atomic E-state index is 0.153. The number of nitrogens with one attached hydrogen (secondary N) is 1. The largest absolute Gasteiger partial charge is 0.370 e. The molecule has 3 heterocycles. The zero-order valence-corrected chi connectivity index (χ0v) is 16.4. The Labute approximate surface area is 155 Å². The van der Waals surface area contributed by atoms with E-state index >= 15 is 0 Å². The summed E-state index contributed by atoms with van der Waals surface area (Å²) in [7, 11) is 1.81. The summed E-state index contributed by atoms with van der Waals surface area (Å²) in [6.07, 6.45) is 5.15. The van der Waals surface area contributed by atoms with Crippen molar-refractivity contribution in [2.75, 3.05) is 13.7 Å². The second kappa shape index (κ2) is 8.48. The Morgan fingerprint density at radius 2 is 2.00 bits per heavy atom. The first-order valence-corrected chi connectivity index (χ1v) is 9.84. The van der Waals surface area contributed by atoms with Gasteiger partial charge in [0, 0.05) is 32.2 Å². The summed E-state index contributed by atoms with van der Waals surface area (Å²) in [6.45, 7) is 7.12. The van der Waals surface area contributed by atoms with Crippen LogP contribution >= 0.6 is 0 Å². The molecule has 2 aliphatic heterocycles. The molecular formula is C19H32N4O3. The molecular weight excluding hydrogens is 332 g/mol. The Balaban J connectivity index is 1.46. The van der Waals surface area contributed by atoms with Gasteiger partial charge in [-0.05, 0) is 44.4 Å². The minimum atomic E-state index is -0.207. The van der Waals surface area contributed by atoms with Crippen molar-refractivity contribution in [1.82, 2.24) is 20.4 Å². The molecule has 0 radical (unpaired) electrons. The van der Waals surface area contributed by atoms with Crippen molar-refractivity contribution in [3.8, 4) is 0 Å². The molecule has 3 rings (SSSR count). The van der Waals surface area contributed by atoms with Crippen molar-refractivity contribution in [2.24, 2.45) is 11.8 Å². The molecule has 0 spiro atoms. The number of fused-ring (bicyclic) bond motifs is 2. The van der Waals surface area contributed by atoms with Crippen LogP contribution in [0, 0.1) is 11.8 Å². The molecule has 0 aliphatic carbocycles. The standard InChI is InChI=1S/C19H32N4O3/c1-12(2)11-25-13(3)19-21-17(26-22-19)10-23(4)18(24)9-14-7-15-5-6-16(8-14)20-15/h12-16,20H,5-11H2,1-4H3. The SMILES string of the molecule is CC(C)COC(C)c1noc(CN(C)C(=O)CC2CC3CCC(C2)N3)n1. The summed E-state index contributed by atoms with van der Waals surface area (Å²) >= 11 is 0. The lowest BCUT2D eigenvalue weighted by atomic mass is 9.89. The number of hydrogen-bond donors (Lipinski definition) is 1. The van der Waals surface area contributed by atoms with Gasteiger partial charge in [-0.15, -0.1) is 0 Å². The summed E-state index contributed by atoms with van der Waals surface area (Å²) in [6, 6.07) is 1.23. The smallest absolute Gasteiger partial charge is 0.246 e. The van der Waals surface area contributed by atoms with E-state index < -0.39 is 0 Å². The average molecular weight is 364 g/mol. The molecule has 2 aliphatic rings. The maximum Gasteiger partial charge on any atom is 0.246 e. The number of piperidine rings is 1. The third-order valence-corrected chi connectivity index (χ3v) is 5.36. The highest BCUT2D eigenvalue weighted by molar-refractivity contribution is 5.76. The van der Waals surface area contributed by atoms with Gasteiger partial charge in [-0.1, -0.05) is 19.0 Å². The summed E-state index contributed by atoms with van der Waals surface area (Å²) in [4.78, 5) is 18.6.